The zero-order chi connectivity index (χ0) is 23.0. The van der Waals surface area contributed by atoms with E-state index in [4.69, 9.17) is 14.2 Å². The molecule has 1 aromatic rings. The van der Waals surface area contributed by atoms with Crippen molar-refractivity contribution in [2.75, 3.05) is 13.7 Å². The first kappa shape index (κ1) is 24.6. The molecule has 0 saturated heterocycles. The Balaban J connectivity index is 2.35. The van der Waals surface area contributed by atoms with Gasteiger partial charge in [0.1, 0.15) is 0 Å². The molecule has 0 saturated carbocycles. The highest BCUT2D eigenvalue weighted by molar-refractivity contribution is 5.95. The summed E-state index contributed by atoms with van der Waals surface area (Å²) in [6, 6.07) is 4.47. The first-order chi connectivity index (χ1) is 14.8. The molecule has 7 nitrogen and oxygen atoms in total. The molecule has 1 aromatic carbocycles. The van der Waals surface area contributed by atoms with Crippen LogP contribution in [-0.2, 0) is 9.53 Å². The monoisotopic (exact) mass is 432 g/mol. The number of nitrogens with one attached hydrogen (secondary N) is 2. The Hall–Kier alpha value is -2.70. The van der Waals surface area contributed by atoms with Crippen molar-refractivity contribution in [1.29, 1.82) is 0 Å². The average molecular weight is 433 g/mol. The number of benzene rings is 1. The number of hydrogen-bond donors (Lipinski definition) is 2. The first-order valence-electron chi connectivity index (χ1n) is 11.1. The molecule has 1 heterocycles. The van der Waals surface area contributed by atoms with Crippen LogP contribution < -0.4 is 20.1 Å². The number of ether oxygens (including phenoxy) is 3. The number of carbonyl (C=O) groups is 2. The number of amides is 2. The third kappa shape index (κ3) is 6.64. The smallest absolute Gasteiger partial charge is 0.338 e. The molecule has 0 aromatic heterocycles. The van der Waals surface area contributed by atoms with Gasteiger partial charge in [-0.05, 0) is 43.9 Å². The van der Waals surface area contributed by atoms with Gasteiger partial charge in [0.05, 0.1) is 31.4 Å². The van der Waals surface area contributed by atoms with Crippen LogP contribution in [0.25, 0.3) is 0 Å². The summed E-state index contributed by atoms with van der Waals surface area (Å²) in [5, 5.41) is 5.63. The Bertz CT molecular complexity index is 801. The molecule has 2 N–H and O–H groups in total. The zero-order valence-corrected chi connectivity index (χ0v) is 19.5. The number of unbranched alkanes of at least 4 members (excludes halogenated alkanes) is 3. The second-order valence-electron chi connectivity index (χ2n) is 8.29. The highest BCUT2D eigenvalue weighted by Gasteiger charge is 2.35. The van der Waals surface area contributed by atoms with Gasteiger partial charge in [0.2, 0.25) is 0 Å². The van der Waals surface area contributed by atoms with Crippen molar-refractivity contribution < 1.29 is 23.8 Å². The van der Waals surface area contributed by atoms with Crippen molar-refractivity contribution >= 4 is 12.0 Å². The van der Waals surface area contributed by atoms with Gasteiger partial charge in [-0.25, -0.2) is 9.59 Å². The van der Waals surface area contributed by atoms with E-state index in [2.05, 4.69) is 17.6 Å². The molecule has 7 heteroatoms. The zero-order valence-electron chi connectivity index (χ0n) is 19.5. The number of allylic oxidation sites excluding steroid dienone is 1. The molecule has 1 atom stereocenters. The van der Waals surface area contributed by atoms with Crippen LogP contribution >= 0.6 is 0 Å². The summed E-state index contributed by atoms with van der Waals surface area (Å²) in [5.41, 5.74) is 1.69. The Morgan fingerprint density at radius 3 is 2.45 bits per heavy atom. The van der Waals surface area contributed by atoms with Gasteiger partial charge in [-0.15, -0.1) is 0 Å². The van der Waals surface area contributed by atoms with E-state index in [1.807, 2.05) is 26.0 Å². The lowest BCUT2D eigenvalue weighted by atomic mass is 9.91. The van der Waals surface area contributed by atoms with Crippen LogP contribution in [0.15, 0.2) is 29.5 Å². The normalized spacial score (nSPS) is 16.3. The molecule has 0 aliphatic carbocycles. The van der Waals surface area contributed by atoms with E-state index in [0.29, 0.717) is 29.4 Å². The van der Waals surface area contributed by atoms with Crippen LogP contribution in [0.2, 0.25) is 0 Å². The van der Waals surface area contributed by atoms with E-state index in [1.165, 1.54) is 12.8 Å². The summed E-state index contributed by atoms with van der Waals surface area (Å²) in [6.45, 7) is 10.2. The van der Waals surface area contributed by atoms with Crippen molar-refractivity contribution in [2.45, 2.75) is 72.4 Å². The van der Waals surface area contributed by atoms with Crippen LogP contribution in [0.5, 0.6) is 11.5 Å². The van der Waals surface area contributed by atoms with Crippen LogP contribution in [0.4, 0.5) is 4.79 Å². The Morgan fingerprint density at radius 2 is 1.84 bits per heavy atom. The summed E-state index contributed by atoms with van der Waals surface area (Å²) >= 11 is 0. The summed E-state index contributed by atoms with van der Waals surface area (Å²) < 4.78 is 16.9. The van der Waals surface area contributed by atoms with E-state index in [0.717, 1.165) is 18.4 Å². The van der Waals surface area contributed by atoms with Crippen molar-refractivity contribution in [1.82, 2.24) is 10.6 Å². The Labute approximate surface area is 185 Å². The maximum absolute atomic E-state index is 12.9. The average Bonchev–Trinajstić information content (AvgIpc) is 2.72. The number of hydrogen-bond acceptors (Lipinski definition) is 5. The van der Waals surface area contributed by atoms with Gasteiger partial charge in [-0.1, -0.05) is 46.1 Å². The predicted molar refractivity (Wildman–Crippen MR) is 120 cm³/mol. The van der Waals surface area contributed by atoms with Crippen molar-refractivity contribution in [3.63, 3.8) is 0 Å². The Morgan fingerprint density at radius 1 is 1.10 bits per heavy atom. The molecule has 1 aliphatic heterocycles. The lowest BCUT2D eigenvalue weighted by Gasteiger charge is -2.31. The molecule has 0 radical (unpaired) electrons. The van der Waals surface area contributed by atoms with Crippen molar-refractivity contribution in [2.24, 2.45) is 5.92 Å². The van der Waals surface area contributed by atoms with Gasteiger partial charge >= 0.3 is 12.0 Å². The summed E-state index contributed by atoms with van der Waals surface area (Å²) in [5.74, 6) is 0.688. The van der Waals surface area contributed by atoms with Crippen LogP contribution in [0.1, 0.15) is 71.9 Å². The summed E-state index contributed by atoms with van der Waals surface area (Å²) in [4.78, 5) is 25.3. The molecule has 0 bridgehead atoms. The molecular weight excluding hydrogens is 396 g/mol. The van der Waals surface area contributed by atoms with E-state index < -0.39 is 12.0 Å². The van der Waals surface area contributed by atoms with Crippen molar-refractivity contribution in [3.8, 4) is 11.5 Å². The van der Waals surface area contributed by atoms with Gasteiger partial charge in [-0.3, -0.25) is 0 Å². The number of esters is 1. The summed E-state index contributed by atoms with van der Waals surface area (Å²) in [6.07, 6.45) is 4.20. The molecule has 172 valence electrons. The molecular formula is C24H36N2O5. The molecule has 31 heavy (non-hydrogen) atoms. The molecule has 0 fully saturated rings. The fourth-order valence-corrected chi connectivity index (χ4v) is 3.49. The fraction of sp³-hybridized carbons (Fsp3) is 0.583. The maximum Gasteiger partial charge on any atom is 0.338 e. The van der Waals surface area contributed by atoms with Gasteiger partial charge < -0.3 is 24.8 Å². The highest BCUT2D eigenvalue weighted by Crippen LogP contribution is 2.36. The molecule has 1 unspecified atom stereocenters. The topological polar surface area (TPSA) is 85.9 Å². The van der Waals surface area contributed by atoms with Crippen molar-refractivity contribution in [3.05, 3.63) is 35.0 Å². The fourth-order valence-electron chi connectivity index (χ4n) is 3.49. The minimum Gasteiger partial charge on any atom is -0.493 e. The molecule has 2 rings (SSSR count). The first-order valence-corrected chi connectivity index (χ1v) is 11.1. The maximum atomic E-state index is 12.9. The lowest BCUT2D eigenvalue weighted by molar-refractivity contribution is -0.143. The molecule has 1 aliphatic rings. The van der Waals surface area contributed by atoms with E-state index in [-0.39, 0.29) is 18.1 Å². The number of rotatable bonds is 11. The second kappa shape index (κ2) is 11.6. The number of urea groups is 1. The standard InChI is InChI=1S/C24H36N2O5/c1-7-8-9-10-13-30-18-12-11-17(14-19(18)29-6)22-20(23(27)31-16(4)5)21(15(2)3)25-24(28)26-22/h11-12,14-16,22H,7-10,13H2,1-6H3,(H2,25,26,28). The largest absolute Gasteiger partial charge is 0.493 e. The Kier molecular flexibility index (Phi) is 9.21. The third-order valence-electron chi connectivity index (χ3n) is 5.02. The minimum atomic E-state index is -0.648. The van der Waals surface area contributed by atoms with Crippen LogP contribution in [-0.4, -0.2) is 31.8 Å². The SMILES string of the molecule is CCCCCCOc1ccc(C2NC(=O)NC(C(C)C)=C2C(=O)OC(C)C)cc1OC. The molecule has 2 amide bonds. The van der Waals surface area contributed by atoms with E-state index >= 15 is 0 Å². The van der Waals surface area contributed by atoms with E-state index in [1.54, 1.807) is 27.0 Å². The third-order valence-corrected chi connectivity index (χ3v) is 5.02. The number of methoxy groups -OCH3 is 1. The highest BCUT2D eigenvalue weighted by atomic mass is 16.5. The summed E-state index contributed by atoms with van der Waals surface area (Å²) in [7, 11) is 1.58. The number of carbonyl (C=O) groups excluding carboxylic acids is 2. The van der Waals surface area contributed by atoms with E-state index in [9.17, 15) is 9.59 Å². The minimum absolute atomic E-state index is 0.0594. The molecule has 0 spiro atoms. The quantitative estimate of drug-likeness (QED) is 0.385. The second-order valence-corrected chi connectivity index (χ2v) is 8.29. The van der Waals surface area contributed by atoms with Gasteiger partial charge in [0.25, 0.3) is 0 Å². The van der Waals surface area contributed by atoms with Gasteiger partial charge in [-0.2, -0.15) is 0 Å². The van der Waals surface area contributed by atoms with Crippen LogP contribution in [0.3, 0.4) is 0 Å². The predicted octanol–water partition coefficient (Wildman–Crippen LogP) is 4.87. The van der Waals surface area contributed by atoms with Gasteiger partial charge in [0.15, 0.2) is 11.5 Å². The van der Waals surface area contributed by atoms with Crippen LogP contribution in [0, 0.1) is 5.92 Å². The van der Waals surface area contributed by atoms with Gasteiger partial charge in [0, 0.05) is 5.70 Å². The lowest BCUT2D eigenvalue weighted by Crippen LogP contribution is -2.47.